The van der Waals surface area contributed by atoms with Crippen LogP contribution in [0.5, 0.6) is 0 Å². The Hall–Kier alpha value is -6.65. The van der Waals surface area contributed by atoms with E-state index in [1.807, 2.05) is 60.7 Å². The molecule has 2 heterocycles. The van der Waals surface area contributed by atoms with E-state index in [9.17, 15) is 0 Å². The molecule has 0 radical (unpaired) electrons. The second kappa shape index (κ2) is 12.2. The Bertz CT molecular complexity index is 2520. The molecule has 230 valence electrons. The minimum Gasteiger partial charge on any atom is -0.309 e. The summed E-state index contributed by atoms with van der Waals surface area (Å²) in [5, 5.41) is 2.43. The number of fused-ring (bicyclic) bond motifs is 3. The smallest absolute Gasteiger partial charge is 0.164 e. The first-order valence-electron chi connectivity index (χ1n) is 16.5. The normalized spacial score (nSPS) is 11.3. The maximum atomic E-state index is 5.07. The molecular weight excluding hydrogens is 597 g/mol. The number of hydrogen-bond acceptors (Lipinski definition) is 3. The molecule has 7 aromatic carbocycles. The van der Waals surface area contributed by atoms with Gasteiger partial charge in [-0.2, -0.15) is 0 Å². The van der Waals surface area contributed by atoms with Gasteiger partial charge in [-0.1, -0.05) is 133 Å². The van der Waals surface area contributed by atoms with Crippen molar-refractivity contribution in [2.24, 2.45) is 0 Å². The average Bonchev–Trinajstić information content (AvgIpc) is 3.52. The maximum Gasteiger partial charge on any atom is 0.164 e. The summed E-state index contributed by atoms with van der Waals surface area (Å²) < 4.78 is 2.35. The van der Waals surface area contributed by atoms with Crippen LogP contribution in [0.4, 0.5) is 0 Å². The van der Waals surface area contributed by atoms with Gasteiger partial charge in [0.05, 0.1) is 11.0 Å². The van der Waals surface area contributed by atoms with Crippen LogP contribution in [0.1, 0.15) is 0 Å². The van der Waals surface area contributed by atoms with E-state index in [0.717, 1.165) is 44.6 Å². The van der Waals surface area contributed by atoms with Crippen molar-refractivity contribution >= 4 is 21.8 Å². The summed E-state index contributed by atoms with van der Waals surface area (Å²) in [4.78, 5) is 15.1. The Kier molecular flexibility index (Phi) is 7.10. The van der Waals surface area contributed by atoms with Crippen molar-refractivity contribution in [1.29, 1.82) is 0 Å². The van der Waals surface area contributed by atoms with E-state index in [4.69, 9.17) is 15.0 Å². The molecule has 0 aliphatic carbocycles. The molecule has 9 rings (SSSR count). The number of para-hydroxylation sites is 2. The summed E-state index contributed by atoms with van der Waals surface area (Å²) in [6.45, 7) is 0. The van der Waals surface area contributed by atoms with E-state index in [-0.39, 0.29) is 0 Å². The quantitative estimate of drug-likeness (QED) is 0.184. The van der Waals surface area contributed by atoms with Gasteiger partial charge in [-0.05, 0) is 70.8 Å². The van der Waals surface area contributed by atoms with Crippen molar-refractivity contribution < 1.29 is 0 Å². The van der Waals surface area contributed by atoms with Gasteiger partial charge in [0.15, 0.2) is 17.5 Å². The van der Waals surface area contributed by atoms with Crippen LogP contribution in [0.15, 0.2) is 182 Å². The van der Waals surface area contributed by atoms with E-state index in [0.29, 0.717) is 17.5 Å². The molecule has 0 aliphatic rings. The van der Waals surface area contributed by atoms with Gasteiger partial charge in [-0.25, -0.2) is 15.0 Å². The van der Waals surface area contributed by atoms with E-state index in [2.05, 4.69) is 126 Å². The van der Waals surface area contributed by atoms with Gasteiger partial charge in [-0.15, -0.1) is 0 Å². The third kappa shape index (κ3) is 5.35. The second-order valence-corrected chi connectivity index (χ2v) is 12.1. The van der Waals surface area contributed by atoms with E-state index in [1.165, 1.54) is 21.8 Å². The van der Waals surface area contributed by atoms with Crippen LogP contribution in [-0.2, 0) is 0 Å². The molecule has 0 spiro atoms. The highest BCUT2D eigenvalue weighted by molar-refractivity contribution is 6.10. The highest BCUT2D eigenvalue weighted by atomic mass is 15.0. The lowest BCUT2D eigenvalue weighted by Gasteiger charge is -2.13. The molecule has 0 amide bonds. The second-order valence-electron chi connectivity index (χ2n) is 12.1. The highest BCUT2D eigenvalue weighted by Crippen LogP contribution is 2.37. The largest absolute Gasteiger partial charge is 0.309 e. The van der Waals surface area contributed by atoms with Gasteiger partial charge in [0.2, 0.25) is 0 Å². The maximum absolute atomic E-state index is 5.07. The molecule has 49 heavy (non-hydrogen) atoms. The first-order valence-corrected chi connectivity index (χ1v) is 16.5. The van der Waals surface area contributed by atoms with Gasteiger partial charge in [0.1, 0.15) is 0 Å². The molecular formula is C45H30N4. The van der Waals surface area contributed by atoms with Gasteiger partial charge in [0, 0.05) is 33.2 Å². The van der Waals surface area contributed by atoms with E-state index >= 15 is 0 Å². The van der Waals surface area contributed by atoms with Crippen molar-refractivity contribution in [2.75, 3.05) is 0 Å². The zero-order valence-corrected chi connectivity index (χ0v) is 26.6. The standard InChI is InChI=1S/C45H30N4/c1-5-15-31(16-6-1)35-27-36(34-25-26-42-40(30-34)39-23-13-14-24-41(39)49(42)38-21-11-4-12-22-38)29-37(28-35)45-47-43(32-17-7-2-8-18-32)46-44(48-45)33-19-9-3-10-20-33/h1-30H. The van der Waals surface area contributed by atoms with E-state index < -0.39 is 0 Å². The Morgan fingerprint density at radius 3 is 1.35 bits per heavy atom. The van der Waals surface area contributed by atoms with Crippen molar-refractivity contribution in [3.05, 3.63) is 182 Å². The van der Waals surface area contributed by atoms with Crippen molar-refractivity contribution in [3.63, 3.8) is 0 Å². The van der Waals surface area contributed by atoms with Gasteiger partial charge in [0.25, 0.3) is 0 Å². The lowest BCUT2D eigenvalue weighted by molar-refractivity contribution is 1.07. The monoisotopic (exact) mass is 626 g/mol. The predicted octanol–water partition coefficient (Wildman–Crippen LogP) is 11.3. The first kappa shape index (κ1) is 28.6. The average molecular weight is 627 g/mol. The fraction of sp³-hybridized carbons (Fsp3) is 0. The van der Waals surface area contributed by atoms with Crippen LogP contribution in [-0.4, -0.2) is 19.5 Å². The van der Waals surface area contributed by atoms with Crippen LogP contribution < -0.4 is 0 Å². The summed E-state index contributed by atoms with van der Waals surface area (Å²) in [6.07, 6.45) is 0. The first-order chi connectivity index (χ1) is 24.3. The van der Waals surface area contributed by atoms with Gasteiger partial charge in [-0.3, -0.25) is 0 Å². The Morgan fingerprint density at radius 2 is 0.735 bits per heavy atom. The Morgan fingerprint density at radius 1 is 0.286 bits per heavy atom. The lowest BCUT2D eigenvalue weighted by atomic mass is 9.95. The Labute approximate surface area is 284 Å². The minimum absolute atomic E-state index is 0.633. The molecule has 2 aromatic heterocycles. The number of rotatable bonds is 6. The number of aromatic nitrogens is 4. The highest BCUT2D eigenvalue weighted by Gasteiger charge is 2.17. The minimum atomic E-state index is 0.633. The molecule has 0 aliphatic heterocycles. The van der Waals surface area contributed by atoms with Crippen molar-refractivity contribution in [1.82, 2.24) is 19.5 Å². The fourth-order valence-electron chi connectivity index (χ4n) is 6.67. The van der Waals surface area contributed by atoms with Gasteiger partial charge >= 0.3 is 0 Å². The van der Waals surface area contributed by atoms with Crippen molar-refractivity contribution in [2.45, 2.75) is 0 Å². The summed E-state index contributed by atoms with van der Waals surface area (Å²) >= 11 is 0. The SMILES string of the molecule is c1ccc(-c2cc(-c3ccc4c(c3)c3ccccc3n4-c3ccccc3)cc(-c3nc(-c4ccccc4)nc(-c4ccccc4)n3)c2)cc1. The topological polar surface area (TPSA) is 43.6 Å². The van der Waals surface area contributed by atoms with Crippen LogP contribution in [0.2, 0.25) is 0 Å². The van der Waals surface area contributed by atoms with E-state index in [1.54, 1.807) is 0 Å². The van der Waals surface area contributed by atoms with Crippen LogP contribution in [0, 0.1) is 0 Å². The predicted molar refractivity (Wildman–Crippen MR) is 201 cm³/mol. The molecule has 4 nitrogen and oxygen atoms in total. The molecule has 0 fully saturated rings. The summed E-state index contributed by atoms with van der Waals surface area (Å²) in [6, 6.07) is 63.4. The molecule has 0 N–H and O–H groups in total. The summed E-state index contributed by atoms with van der Waals surface area (Å²) in [5.41, 5.74) is 10.8. The molecule has 0 saturated heterocycles. The van der Waals surface area contributed by atoms with Crippen LogP contribution in [0.3, 0.4) is 0 Å². The molecule has 0 unspecified atom stereocenters. The number of nitrogens with zero attached hydrogens (tertiary/aromatic N) is 4. The lowest BCUT2D eigenvalue weighted by Crippen LogP contribution is -2.00. The zero-order valence-electron chi connectivity index (χ0n) is 26.6. The third-order valence-electron chi connectivity index (χ3n) is 9.02. The molecule has 0 saturated carbocycles. The van der Waals surface area contributed by atoms with Gasteiger partial charge < -0.3 is 4.57 Å². The summed E-state index contributed by atoms with van der Waals surface area (Å²) in [5.74, 6) is 1.92. The molecule has 9 aromatic rings. The fourth-order valence-corrected chi connectivity index (χ4v) is 6.67. The summed E-state index contributed by atoms with van der Waals surface area (Å²) in [7, 11) is 0. The van der Waals surface area contributed by atoms with Crippen LogP contribution in [0.25, 0.3) is 83.9 Å². The number of hydrogen-bond donors (Lipinski definition) is 0. The third-order valence-corrected chi connectivity index (χ3v) is 9.02. The number of benzene rings is 7. The van der Waals surface area contributed by atoms with Crippen molar-refractivity contribution in [3.8, 4) is 62.1 Å². The molecule has 4 heteroatoms. The molecule has 0 bridgehead atoms. The van der Waals surface area contributed by atoms with Crippen LogP contribution >= 0.6 is 0 Å². The Balaban J connectivity index is 1.26. The molecule has 0 atom stereocenters. The zero-order chi connectivity index (χ0) is 32.6.